The third-order valence-electron chi connectivity index (χ3n) is 4.61. The van der Waals surface area contributed by atoms with Crippen LogP contribution in [0.3, 0.4) is 0 Å². The Morgan fingerprint density at radius 3 is 2.50 bits per heavy atom. The Labute approximate surface area is 188 Å². The van der Waals surface area contributed by atoms with Gasteiger partial charge in [0.1, 0.15) is 11.6 Å². The van der Waals surface area contributed by atoms with Gasteiger partial charge < -0.3 is 10.1 Å². The second-order valence-corrected chi connectivity index (χ2v) is 7.77. The third-order valence-corrected chi connectivity index (χ3v) is 5.55. The number of carbonyl (C=O) groups is 1. The number of nitrogens with one attached hydrogen (secondary N) is 1. The van der Waals surface area contributed by atoms with E-state index in [0.717, 1.165) is 17.5 Å². The zero-order valence-corrected chi connectivity index (χ0v) is 18.1. The fraction of sp³-hybridized carbons (Fsp3) is 0.125. The van der Waals surface area contributed by atoms with Crippen LogP contribution in [0.1, 0.15) is 6.92 Å². The molecule has 0 radical (unpaired) electrons. The average molecular weight is 450 g/mol. The molecule has 1 amide bonds. The minimum Gasteiger partial charge on any atom is -0.494 e. The highest BCUT2D eigenvalue weighted by Crippen LogP contribution is 2.22. The molecule has 8 heteroatoms. The summed E-state index contributed by atoms with van der Waals surface area (Å²) in [6.07, 6.45) is 0. The molecule has 0 atom stereocenters. The molecule has 0 unspecified atom stereocenters. The number of fused-ring (bicyclic) bond motifs is 1. The van der Waals surface area contributed by atoms with E-state index >= 15 is 0 Å². The molecule has 4 rings (SSSR count). The van der Waals surface area contributed by atoms with Gasteiger partial charge in [0.2, 0.25) is 5.91 Å². The van der Waals surface area contributed by atoms with Gasteiger partial charge in [-0.05, 0) is 67.6 Å². The number of thioether (sulfide) groups is 1. The van der Waals surface area contributed by atoms with E-state index in [0.29, 0.717) is 34.0 Å². The summed E-state index contributed by atoms with van der Waals surface area (Å²) in [7, 11) is 0. The average Bonchev–Trinajstić information content (AvgIpc) is 2.80. The second-order valence-electron chi connectivity index (χ2n) is 6.82. The van der Waals surface area contributed by atoms with Crippen molar-refractivity contribution >= 4 is 34.3 Å². The summed E-state index contributed by atoms with van der Waals surface area (Å²) in [5.74, 6) is 0.120. The third kappa shape index (κ3) is 4.81. The topological polar surface area (TPSA) is 73.2 Å². The number of anilines is 1. The maximum Gasteiger partial charge on any atom is 0.266 e. The van der Waals surface area contributed by atoms with Crippen molar-refractivity contribution < 1.29 is 13.9 Å². The molecule has 0 spiro atoms. The predicted molar refractivity (Wildman–Crippen MR) is 124 cm³/mol. The number of halogens is 1. The van der Waals surface area contributed by atoms with Gasteiger partial charge in [0.15, 0.2) is 5.16 Å². The molecule has 0 saturated heterocycles. The minimum atomic E-state index is -0.403. The quantitative estimate of drug-likeness (QED) is 0.328. The van der Waals surface area contributed by atoms with Gasteiger partial charge in [0.05, 0.1) is 29.0 Å². The van der Waals surface area contributed by atoms with Crippen molar-refractivity contribution in [2.45, 2.75) is 12.1 Å². The lowest BCUT2D eigenvalue weighted by Crippen LogP contribution is -2.23. The van der Waals surface area contributed by atoms with Crippen LogP contribution in [0.5, 0.6) is 5.75 Å². The lowest BCUT2D eigenvalue weighted by atomic mass is 10.2. The molecule has 4 aromatic rings. The van der Waals surface area contributed by atoms with Crippen LogP contribution in [0.15, 0.2) is 82.7 Å². The number of rotatable bonds is 7. The molecule has 0 aliphatic carbocycles. The summed E-state index contributed by atoms with van der Waals surface area (Å²) in [4.78, 5) is 30.2. The van der Waals surface area contributed by atoms with E-state index in [1.54, 1.807) is 48.5 Å². The molecule has 1 aromatic heterocycles. The zero-order chi connectivity index (χ0) is 22.5. The molecule has 6 nitrogen and oxygen atoms in total. The monoisotopic (exact) mass is 449 g/mol. The Kier molecular flexibility index (Phi) is 6.51. The summed E-state index contributed by atoms with van der Waals surface area (Å²) in [5, 5.41) is 3.61. The molecule has 162 valence electrons. The first-order valence-corrected chi connectivity index (χ1v) is 11.0. The highest BCUT2D eigenvalue weighted by atomic mass is 32.2. The van der Waals surface area contributed by atoms with Crippen LogP contribution in [0.2, 0.25) is 0 Å². The van der Waals surface area contributed by atoms with Crippen molar-refractivity contribution in [3.8, 4) is 11.4 Å². The van der Waals surface area contributed by atoms with Crippen molar-refractivity contribution in [3.63, 3.8) is 0 Å². The number of para-hydroxylation sites is 1. The Morgan fingerprint density at radius 2 is 1.78 bits per heavy atom. The van der Waals surface area contributed by atoms with Gasteiger partial charge in [0, 0.05) is 5.69 Å². The van der Waals surface area contributed by atoms with E-state index in [-0.39, 0.29) is 17.2 Å². The van der Waals surface area contributed by atoms with Gasteiger partial charge in [-0.1, -0.05) is 23.9 Å². The fourth-order valence-electron chi connectivity index (χ4n) is 3.16. The molecule has 3 aromatic carbocycles. The van der Waals surface area contributed by atoms with Crippen molar-refractivity contribution in [2.24, 2.45) is 0 Å². The van der Waals surface area contributed by atoms with Gasteiger partial charge in [-0.15, -0.1) is 0 Å². The number of amides is 1. The molecule has 0 fully saturated rings. The summed E-state index contributed by atoms with van der Waals surface area (Å²) >= 11 is 1.14. The summed E-state index contributed by atoms with van der Waals surface area (Å²) < 4.78 is 20.2. The number of aromatic nitrogens is 2. The van der Waals surface area contributed by atoms with E-state index in [2.05, 4.69) is 10.3 Å². The largest absolute Gasteiger partial charge is 0.494 e. The molecule has 32 heavy (non-hydrogen) atoms. The van der Waals surface area contributed by atoms with Gasteiger partial charge in [-0.2, -0.15) is 0 Å². The Balaban J connectivity index is 1.59. The van der Waals surface area contributed by atoms with E-state index in [9.17, 15) is 14.0 Å². The molecular formula is C24H20FN3O3S. The van der Waals surface area contributed by atoms with Gasteiger partial charge in [-0.3, -0.25) is 14.2 Å². The Morgan fingerprint density at radius 1 is 1.06 bits per heavy atom. The smallest absolute Gasteiger partial charge is 0.266 e. The Hall–Kier alpha value is -3.65. The molecule has 0 aliphatic rings. The fourth-order valence-corrected chi connectivity index (χ4v) is 3.97. The van der Waals surface area contributed by atoms with Gasteiger partial charge in [0.25, 0.3) is 5.56 Å². The zero-order valence-electron chi connectivity index (χ0n) is 17.2. The number of benzene rings is 3. The van der Waals surface area contributed by atoms with E-state index in [1.807, 2.05) is 6.92 Å². The summed E-state index contributed by atoms with van der Waals surface area (Å²) in [6.45, 7) is 2.47. The van der Waals surface area contributed by atoms with Crippen LogP contribution in [-0.4, -0.2) is 27.8 Å². The van der Waals surface area contributed by atoms with Crippen LogP contribution < -0.4 is 15.6 Å². The van der Waals surface area contributed by atoms with Crippen LogP contribution in [0.4, 0.5) is 10.1 Å². The second kappa shape index (κ2) is 9.65. The molecule has 0 saturated carbocycles. The number of ether oxygens (including phenoxy) is 1. The number of carbonyl (C=O) groups excluding carboxylic acids is 1. The van der Waals surface area contributed by atoms with Crippen molar-refractivity contribution in [2.75, 3.05) is 17.7 Å². The van der Waals surface area contributed by atoms with E-state index in [4.69, 9.17) is 4.74 Å². The maximum atomic E-state index is 13.4. The van der Waals surface area contributed by atoms with E-state index < -0.39 is 5.82 Å². The molecule has 0 aliphatic heterocycles. The standard InChI is InChI=1S/C24H20FN3O3S/c1-2-31-19-13-9-17(10-14-19)26-22(29)15-32-24-27-21-6-4-3-5-20(21)23(30)28(24)18-11-7-16(25)8-12-18/h3-14H,2,15H2,1H3,(H,26,29). The summed E-state index contributed by atoms with van der Waals surface area (Å²) in [6, 6.07) is 19.7. The lowest BCUT2D eigenvalue weighted by Gasteiger charge is -2.13. The Bertz CT molecular complexity index is 1310. The van der Waals surface area contributed by atoms with Crippen LogP contribution in [0, 0.1) is 5.82 Å². The van der Waals surface area contributed by atoms with Crippen LogP contribution in [0.25, 0.3) is 16.6 Å². The molecular weight excluding hydrogens is 429 g/mol. The van der Waals surface area contributed by atoms with Crippen molar-refractivity contribution in [3.05, 3.63) is 89.0 Å². The summed E-state index contributed by atoms with van der Waals surface area (Å²) in [5.41, 5.74) is 1.37. The molecule has 1 N–H and O–H groups in total. The number of hydrogen-bond acceptors (Lipinski definition) is 5. The minimum absolute atomic E-state index is 0.0409. The van der Waals surface area contributed by atoms with E-state index in [1.165, 1.54) is 28.8 Å². The molecule has 0 bridgehead atoms. The highest BCUT2D eigenvalue weighted by molar-refractivity contribution is 7.99. The number of nitrogens with zero attached hydrogens (tertiary/aromatic N) is 2. The highest BCUT2D eigenvalue weighted by Gasteiger charge is 2.15. The normalized spacial score (nSPS) is 10.8. The van der Waals surface area contributed by atoms with Crippen LogP contribution >= 0.6 is 11.8 Å². The first-order chi connectivity index (χ1) is 15.5. The van der Waals surface area contributed by atoms with Crippen molar-refractivity contribution in [1.82, 2.24) is 9.55 Å². The maximum absolute atomic E-state index is 13.4. The first-order valence-electron chi connectivity index (χ1n) is 9.98. The van der Waals surface area contributed by atoms with Gasteiger partial charge in [-0.25, -0.2) is 9.37 Å². The predicted octanol–water partition coefficient (Wildman–Crippen LogP) is 4.65. The number of hydrogen-bond donors (Lipinski definition) is 1. The van der Waals surface area contributed by atoms with Crippen molar-refractivity contribution in [1.29, 1.82) is 0 Å². The SMILES string of the molecule is CCOc1ccc(NC(=O)CSc2nc3ccccc3c(=O)n2-c2ccc(F)cc2)cc1. The molecule has 1 heterocycles. The first kappa shape index (κ1) is 21.6. The lowest BCUT2D eigenvalue weighted by molar-refractivity contribution is -0.113. The van der Waals surface area contributed by atoms with Gasteiger partial charge >= 0.3 is 0 Å². The van der Waals surface area contributed by atoms with Crippen LogP contribution in [-0.2, 0) is 4.79 Å².